The molecule has 6 nitrogen and oxygen atoms in total. The maximum absolute atomic E-state index is 14.3. The number of fused-ring (bicyclic) bond motifs is 2. The highest BCUT2D eigenvalue weighted by Crippen LogP contribution is 2.44. The predicted octanol–water partition coefficient (Wildman–Crippen LogP) is 3.15. The lowest BCUT2D eigenvalue weighted by Gasteiger charge is -2.34. The van der Waals surface area contributed by atoms with E-state index in [-0.39, 0.29) is 23.5 Å². The quantitative estimate of drug-likeness (QED) is 0.766. The maximum atomic E-state index is 14.3. The smallest absolute Gasteiger partial charge is 0.423 e. The van der Waals surface area contributed by atoms with Crippen LogP contribution in [0.3, 0.4) is 0 Å². The number of imidazole rings is 1. The van der Waals surface area contributed by atoms with Gasteiger partial charge in [0.25, 0.3) is 0 Å². The number of aryl methyl sites for hydroxylation is 1. The van der Waals surface area contributed by atoms with Crippen LogP contribution in [-0.4, -0.2) is 26.7 Å². The molecule has 0 radical (unpaired) electrons. The molecule has 0 saturated carbocycles. The van der Waals surface area contributed by atoms with Crippen molar-refractivity contribution in [3.05, 3.63) is 53.9 Å². The van der Waals surface area contributed by atoms with E-state index in [1.165, 1.54) is 19.1 Å². The first-order valence-electron chi connectivity index (χ1n) is 8.39. The van der Waals surface area contributed by atoms with Crippen molar-refractivity contribution in [1.29, 1.82) is 0 Å². The van der Waals surface area contributed by atoms with Gasteiger partial charge < -0.3 is 14.4 Å². The number of aliphatic hydroxyl groups excluding tert-OH is 1. The summed E-state index contributed by atoms with van der Waals surface area (Å²) in [7, 11) is 1.76. The Bertz CT molecular complexity index is 1050. The van der Waals surface area contributed by atoms with E-state index in [1.54, 1.807) is 17.7 Å². The summed E-state index contributed by atoms with van der Waals surface area (Å²) in [5.41, 5.74) is 1.91. The highest BCUT2D eigenvalue weighted by atomic mass is 19.3. The van der Waals surface area contributed by atoms with Crippen molar-refractivity contribution in [2.24, 2.45) is 7.05 Å². The zero-order valence-corrected chi connectivity index (χ0v) is 14.7. The van der Waals surface area contributed by atoms with Crippen LogP contribution in [0.4, 0.5) is 14.5 Å². The Balaban J connectivity index is 1.83. The fraction of sp³-hybridized carbons (Fsp3) is 0.263. The number of aromatic nitrogens is 2. The monoisotopic (exact) mass is 373 g/mol. The van der Waals surface area contributed by atoms with Gasteiger partial charge in [-0.2, -0.15) is 8.78 Å². The number of amides is 1. The zero-order valence-electron chi connectivity index (χ0n) is 14.7. The number of hydrogen-bond acceptors (Lipinski definition) is 4. The molecule has 1 atom stereocenters. The Morgan fingerprint density at radius 3 is 2.67 bits per heavy atom. The fourth-order valence-electron chi connectivity index (χ4n) is 3.27. The summed E-state index contributed by atoms with van der Waals surface area (Å²) in [5.74, 6) is -1.21. The summed E-state index contributed by atoms with van der Waals surface area (Å²) in [6, 6.07) is 11.9. The van der Waals surface area contributed by atoms with Crippen LogP contribution in [-0.2, 0) is 18.4 Å². The van der Waals surface area contributed by atoms with Gasteiger partial charge in [-0.25, -0.2) is 4.98 Å². The number of rotatable bonds is 3. The summed E-state index contributed by atoms with van der Waals surface area (Å²) in [4.78, 5) is 17.8. The third kappa shape index (κ3) is 2.73. The van der Waals surface area contributed by atoms with Gasteiger partial charge in [0, 0.05) is 12.6 Å². The summed E-state index contributed by atoms with van der Waals surface area (Å²) in [6.07, 6.45) is -5.05. The second-order valence-corrected chi connectivity index (χ2v) is 6.46. The van der Waals surface area contributed by atoms with Gasteiger partial charge in [0.05, 0.1) is 29.4 Å². The molecule has 8 heteroatoms. The molecule has 0 aliphatic carbocycles. The lowest BCUT2D eigenvalue weighted by Crippen LogP contribution is -2.51. The second kappa shape index (κ2) is 6.02. The molecular formula is C19H17F2N3O3. The van der Waals surface area contributed by atoms with E-state index in [9.17, 15) is 18.7 Å². The third-order valence-electron chi connectivity index (χ3n) is 4.67. The van der Waals surface area contributed by atoms with Gasteiger partial charge in [0.1, 0.15) is 5.82 Å². The molecule has 2 aromatic carbocycles. The topological polar surface area (TPSA) is 67.6 Å². The van der Waals surface area contributed by atoms with E-state index >= 15 is 0 Å². The largest absolute Gasteiger partial charge is 0.483 e. The Hall–Kier alpha value is -3.00. The highest BCUT2D eigenvalue weighted by Gasteiger charge is 2.51. The van der Waals surface area contributed by atoms with E-state index in [0.717, 1.165) is 10.4 Å². The predicted molar refractivity (Wildman–Crippen MR) is 94.6 cm³/mol. The molecular weight excluding hydrogens is 356 g/mol. The lowest BCUT2D eigenvalue weighted by atomic mass is 10.1. The van der Waals surface area contributed by atoms with Crippen molar-refractivity contribution < 1.29 is 23.4 Å². The first-order valence-corrected chi connectivity index (χ1v) is 8.39. The number of benzene rings is 2. The molecule has 0 fully saturated rings. The van der Waals surface area contributed by atoms with Gasteiger partial charge in [0.2, 0.25) is 0 Å². The van der Waals surface area contributed by atoms with Gasteiger partial charge in [0.15, 0.2) is 5.75 Å². The summed E-state index contributed by atoms with van der Waals surface area (Å²) in [6.45, 7) is 1.29. The van der Waals surface area contributed by atoms with Crippen LogP contribution in [0.1, 0.15) is 24.4 Å². The fourth-order valence-corrected chi connectivity index (χ4v) is 3.27. The van der Waals surface area contributed by atoms with Crippen LogP contribution >= 0.6 is 0 Å². The summed E-state index contributed by atoms with van der Waals surface area (Å²) >= 11 is 0. The molecule has 0 bridgehead atoms. The van der Waals surface area contributed by atoms with Crippen molar-refractivity contribution in [2.75, 3.05) is 4.90 Å². The van der Waals surface area contributed by atoms with Crippen molar-refractivity contribution in [3.63, 3.8) is 0 Å². The molecule has 1 amide bonds. The molecule has 4 rings (SSSR count). The van der Waals surface area contributed by atoms with Crippen LogP contribution in [0.5, 0.6) is 5.75 Å². The number of alkyl halides is 2. The normalized spacial score (nSPS) is 16.9. The van der Waals surface area contributed by atoms with Crippen molar-refractivity contribution in [1.82, 2.24) is 9.55 Å². The van der Waals surface area contributed by atoms with Gasteiger partial charge in [-0.05, 0) is 25.1 Å². The molecule has 1 N–H and O–H groups in total. The molecule has 2 heterocycles. The number of para-hydroxylation sites is 3. The van der Waals surface area contributed by atoms with Gasteiger partial charge in [-0.15, -0.1) is 0 Å². The first kappa shape index (κ1) is 17.4. The highest BCUT2D eigenvalue weighted by molar-refractivity contribution is 6.01. The Labute approximate surface area is 153 Å². The van der Waals surface area contributed by atoms with Crippen molar-refractivity contribution in [3.8, 4) is 5.75 Å². The Morgan fingerprint density at radius 1 is 1.22 bits per heavy atom. The molecule has 1 aliphatic heterocycles. The lowest BCUT2D eigenvalue weighted by molar-refractivity contribution is -0.193. The SMILES string of the molecule is CC(O)c1cccc2c1OC(F)(F)C(=O)N2Cc1nc2ccccc2n1C. The first-order chi connectivity index (χ1) is 12.8. The maximum Gasteiger partial charge on any atom is 0.483 e. The number of carbonyl (C=O) groups excluding carboxylic acids is 1. The average molecular weight is 373 g/mol. The van der Waals surface area contributed by atoms with Gasteiger partial charge >= 0.3 is 12.0 Å². The van der Waals surface area contributed by atoms with E-state index in [2.05, 4.69) is 9.72 Å². The number of carbonyl (C=O) groups is 1. The molecule has 27 heavy (non-hydrogen) atoms. The van der Waals surface area contributed by atoms with Gasteiger partial charge in [-0.1, -0.05) is 24.3 Å². The van der Waals surface area contributed by atoms with Crippen LogP contribution in [0.15, 0.2) is 42.5 Å². The van der Waals surface area contributed by atoms with Crippen LogP contribution < -0.4 is 9.64 Å². The molecule has 1 unspecified atom stereocenters. The van der Waals surface area contributed by atoms with Gasteiger partial charge in [-0.3, -0.25) is 9.69 Å². The number of aliphatic hydroxyl groups is 1. The average Bonchev–Trinajstić information content (AvgIpc) is 2.94. The molecule has 140 valence electrons. The third-order valence-corrected chi connectivity index (χ3v) is 4.67. The van der Waals surface area contributed by atoms with Crippen molar-refractivity contribution >= 4 is 22.6 Å². The number of anilines is 1. The Kier molecular flexibility index (Phi) is 3.88. The molecule has 1 aromatic heterocycles. The molecule has 3 aromatic rings. The Morgan fingerprint density at radius 2 is 1.96 bits per heavy atom. The molecule has 0 spiro atoms. The number of hydrogen-bond donors (Lipinski definition) is 1. The number of ether oxygens (including phenoxy) is 1. The molecule has 1 aliphatic rings. The van der Waals surface area contributed by atoms with E-state index < -0.39 is 18.1 Å². The number of halogens is 2. The minimum absolute atomic E-state index is 0.154. The standard InChI is InChI=1S/C19H17F2N3O3/c1-11(25)12-6-5-9-15-17(12)27-19(20,21)18(26)24(15)10-16-22-13-7-3-4-8-14(13)23(16)2/h3-9,11,25H,10H2,1-2H3. The summed E-state index contributed by atoms with van der Waals surface area (Å²) < 4.78 is 34.9. The van der Waals surface area contributed by atoms with Crippen molar-refractivity contribution in [2.45, 2.75) is 25.7 Å². The minimum Gasteiger partial charge on any atom is -0.423 e. The van der Waals surface area contributed by atoms with E-state index in [0.29, 0.717) is 11.3 Å². The van der Waals surface area contributed by atoms with Crippen LogP contribution in [0.2, 0.25) is 0 Å². The zero-order chi connectivity index (χ0) is 19.3. The minimum atomic E-state index is -4.03. The van der Waals surface area contributed by atoms with E-state index in [1.807, 2.05) is 24.3 Å². The van der Waals surface area contributed by atoms with Crippen LogP contribution in [0.25, 0.3) is 11.0 Å². The van der Waals surface area contributed by atoms with Crippen LogP contribution in [0, 0.1) is 0 Å². The summed E-state index contributed by atoms with van der Waals surface area (Å²) in [5, 5.41) is 9.89. The molecule has 0 saturated heterocycles. The second-order valence-electron chi connectivity index (χ2n) is 6.46. The number of nitrogens with zero attached hydrogens (tertiary/aromatic N) is 3. The van der Waals surface area contributed by atoms with E-state index in [4.69, 9.17) is 0 Å².